The summed E-state index contributed by atoms with van der Waals surface area (Å²) in [6, 6.07) is 4.62. The molecule has 4 nitrogen and oxygen atoms in total. The number of hydrogen-bond acceptors (Lipinski definition) is 2. The minimum Gasteiger partial charge on any atom is -0.498 e. The second kappa shape index (κ2) is 90.0. The second-order valence-corrected chi connectivity index (χ2v) is 4.79. The van der Waals surface area contributed by atoms with Gasteiger partial charge in [0.2, 0.25) is 0 Å². The highest BCUT2D eigenvalue weighted by Gasteiger charge is 2.14. The Morgan fingerprint density at radius 3 is 1.16 bits per heavy atom. The van der Waals surface area contributed by atoms with Gasteiger partial charge in [0, 0.05) is 23.9 Å². The van der Waals surface area contributed by atoms with Crippen molar-refractivity contribution in [2.75, 3.05) is 0 Å². The molecule has 43 heavy (non-hydrogen) atoms. The van der Waals surface area contributed by atoms with Crippen molar-refractivity contribution in [2.24, 2.45) is 0 Å². The summed E-state index contributed by atoms with van der Waals surface area (Å²) in [6.45, 7) is 56.8. The molecule has 0 aliphatic heterocycles. The van der Waals surface area contributed by atoms with Gasteiger partial charge >= 0.3 is 6.07 Å². The number of benzene rings is 1. The van der Waals surface area contributed by atoms with E-state index in [0.29, 0.717) is 0 Å². The maximum absolute atomic E-state index is 10.5. The average molecular weight is 616 g/mol. The molecule has 0 saturated carbocycles. The van der Waals surface area contributed by atoms with E-state index in [4.69, 9.17) is 0 Å². The van der Waals surface area contributed by atoms with Crippen molar-refractivity contribution in [2.45, 2.75) is 200 Å². The zero-order chi connectivity index (χ0) is 38.0. The summed E-state index contributed by atoms with van der Waals surface area (Å²) in [5, 5.41) is 13.3. The van der Waals surface area contributed by atoms with Crippen LogP contribution in [0.2, 0.25) is 0 Å². The molecule has 0 spiro atoms. The molecular weight excluding hydrogens is 526 g/mol. The Morgan fingerprint density at radius 1 is 0.581 bits per heavy atom. The van der Waals surface area contributed by atoms with Crippen LogP contribution in [0.3, 0.4) is 0 Å². The molecule has 0 unspecified atom stereocenters. The van der Waals surface area contributed by atoms with E-state index in [1.165, 1.54) is 11.1 Å². The monoisotopic (exact) mass is 616 g/mol. The lowest BCUT2D eigenvalue weighted by Crippen LogP contribution is -2.07. The first-order chi connectivity index (χ1) is 21.0. The highest BCUT2D eigenvalue weighted by molar-refractivity contribution is 5.52. The quantitative estimate of drug-likeness (QED) is 0.315. The topological polar surface area (TPSA) is 45.2 Å². The molecule has 2 aromatic rings. The van der Waals surface area contributed by atoms with Gasteiger partial charge in [-0.2, -0.15) is 0 Å². The van der Waals surface area contributed by atoms with Gasteiger partial charge in [-0.25, -0.2) is 4.98 Å². The maximum Gasteiger partial charge on any atom is 0.337 e. The maximum atomic E-state index is 10.5. The average Bonchev–Trinajstić information content (AvgIpc) is 3.56. The van der Waals surface area contributed by atoms with Gasteiger partial charge < -0.3 is 9.77 Å². The van der Waals surface area contributed by atoms with Gasteiger partial charge in [-0.15, -0.1) is 0 Å². The summed E-state index contributed by atoms with van der Waals surface area (Å²) < 4.78 is 2.09. The zero-order valence-corrected chi connectivity index (χ0v) is 35.7. The fraction of sp³-hybridized carbons (Fsp3) is 0.744. The molecule has 0 aliphatic rings. The van der Waals surface area contributed by atoms with E-state index in [-0.39, 0.29) is 0 Å². The van der Waals surface area contributed by atoms with Gasteiger partial charge in [-0.3, -0.25) is 0 Å². The first-order valence-corrected chi connectivity index (χ1v) is 18.2. The van der Waals surface area contributed by atoms with Crippen LogP contribution in [0.1, 0.15) is 200 Å². The summed E-state index contributed by atoms with van der Waals surface area (Å²) in [5.74, 6) is 0.974. The number of aryl methyl sites for hydroxylation is 3. The molecule has 1 aromatic heterocycles. The van der Waals surface area contributed by atoms with Crippen molar-refractivity contribution >= 4 is 0 Å². The van der Waals surface area contributed by atoms with Crippen LogP contribution in [0.25, 0.3) is 5.01 Å². The number of rotatable bonds is 2. The Balaban J connectivity index is -0.0000000400. The van der Waals surface area contributed by atoms with Gasteiger partial charge in [-0.1, -0.05) is 172 Å². The molecule has 0 atom stereocenters. The number of imidazole rings is 1. The highest BCUT2D eigenvalue weighted by atomic mass is 16.4. The van der Waals surface area contributed by atoms with E-state index < -0.39 is 0 Å². The minimum absolute atomic E-state index is 0.747. The molecule has 4 heteroatoms. The lowest BCUT2D eigenvalue weighted by atomic mass is 9.94. The van der Waals surface area contributed by atoms with Crippen LogP contribution in [0.4, 0.5) is 0 Å². The molecule has 1 heterocycles. The Labute approximate surface area is 277 Å². The Kier molecular flexibility index (Phi) is 152. The smallest absolute Gasteiger partial charge is 0.337 e. The highest BCUT2D eigenvalue weighted by Crippen LogP contribution is 2.23. The van der Waals surface area contributed by atoms with Gasteiger partial charge in [0.25, 0.3) is 0 Å². The van der Waals surface area contributed by atoms with E-state index in [2.05, 4.69) is 33.6 Å². The van der Waals surface area contributed by atoms with E-state index in [1.54, 1.807) is 6.20 Å². The van der Waals surface area contributed by atoms with Crippen LogP contribution in [0.5, 0.6) is 0 Å². The summed E-state index contributed by atoms with van der Waals surface area (Å²) in [5.41, 5.74) is 5.29. The summed E-state index contributed by atoms with van der Waals surface area (Å²) >= 11 is 0. The van der Waals surface area contributed by atoms with Crippen LogP contribution < -0.4 is 0 Å². The Morgan fingerprint density at radius 2 is 0.907 bits per heavy atom. The Hall–Kier alpha value is -2.28. The van der Waals surface area contributed by atoms with E-state index in [9.17, 15) is 5.21 Å². The molecule has 0 aliphatic carbocycles. The van der Waals surface area contributed by atoms with Crippen LogP contribution in [-0.2, 0) is 6.54 Å². The summed E-state index contributed by atoms with van der Waals surface area (Å²) in [6.07, 6.45) is 3.75. The third kappa shape index (κ3) is 46.9. The normalized spacial score (nSPS) is 6.14. The zero-order valence-electron chi connectivity index (χ0n) is 35.7. The second-order valence-electron chi connectivity index (χ2n) is 4.79. The fourth-order valence-corrected chi connectivity index (χ4v) is 2.43. The molecule has 0 bridgehead atoms. The number of nitrogens with zero attached hydrogens (tertiary/aromatic N) is 3. The summed E-state index contributed by atoms with van der Waals surface area (Å²) in [4.78, 5) is 4.23. The molecule has 0 N–H and O–H groups in total. The molecule has 2 rings (SSSR count). The van der Waals surface area contributed by atoms with Crippen LogP contribution in [0.15, 0.2) is 18.5 Å². The number of hydrogen-bond donors (Lipinski definition) is 0. The number of aromatic nitrogens is 2. The SMILES string of the molecule is CC.CC.CC.CC.CC.CC.CC.CC.CC.CC.CC.CC.Cc1cc(C)c(Cn2ccnc2C)c(C)c1C#[N+][O-]. The standard InChI is InChI=1S/C15H17N3O.12C2H6/c1-10-7-11(2)15(12(3)14(10)8-17-19)9-18-6-5-16-13(18)4;12*1-2/h5-7H,9H2,1-4H3;12*1-2H3. The van der Waals surface area contributed by atoms with Crippen molar-refractivity contribution in [1.82, 2.24) is 9.55 Å². The predicted octanol–water partition coefficient (Wildman–Crippen LogP) is 15.7. The van der Waals surface area contributed by atoms with E-state index in [0.717, 1.165) is 29.1 Å². The fourth-order valence-electron chi connectivity index (χ4n) is 2.43. The Bertz CT molecular complexity index is 680. The molecule has 266 valence electrons. The van der Waals surface area contributed by atoms with Crippen molar-refractivity contribution in [3.05, 3.63) is 62.3 Å². The van der Waals surface area contributed by atoms with Crippen molar-refractivity contribution < 1.29 is 0 Å². The molecule has 0 saturated heterocycles. The van der Waals surface area contributed by atoms with Gasteiger partial charge in [0.05, 0.1) is 0 Å². The molecule has 0 radical (unpaired) electrons. The lowest BCUT2D eigenvalue weighted by molar-refractivity contribution is 0.752. The van der Waals surface area contributed by atoms with E-state index in [1.807, 2.05) is 193 Å². The van der Waals surface area contributed by atoms with Crippen molar-refractivity contribution in [3.63, 3.8) is 0 Å². The van der Waals surface area contributed by atoms with Gasteiger partial charge in [-0.05, 0) is 49.9 Å². The molecule has 0 fully saturated rings. The molecular formula is C39H89N3O. The molecule has 1 aromatic carbocycles. The largest absolute Gasteiger partial charge is 0.498 e. The van der Waals surface area contributed by atoms with Crippen LogP contribution in [-0.4, -0.2) is 9.55 Å². The first-order valence-electron chi connectivity index (χ1n) is 18.2. The minimum atomic E-state index is 0.747. The van der Waals surface area contributed by atoms with Crippen molar-refractivity contribution in [3.8, 4) is 6.07 Å². The van der Waals surface area contributed by atoms with Gasteiger partial charge in [0.15, 0.2) is 0 Å². The third-order valence-corrected chi connectivity index (χ3v) is 3.54. The van der Waals surface area contributed by atoms with Crippen LogP contribution >= 0.6 is 0 Å². The first kappa shape index (κ1) is 72.7. The van der Waals surface area contributed by atoms with Crippen LogP contribution in [0, 0.1) is 39.0 Å². The van der Waals surface area contributed by atoms with Gasteiger partial charge in [0.1, 0.15) is 11.4 Å². The van der Waals surface area contributed by atoms with E-state index >= 15 is 0 Å². The third-order valence-electron chi connectivity index (χ3n) is 3.54. The molecule has 0 amide bonds. The lowest BCUT2D eigenvalue weighted by Gasteiger charge is -2.14. The van der Waals surface area contributed by atoms with Crippen molar-refractivity contribution in [1.29, 1.82) is 0 Å². The predicted molar refractivity (Wildman–Crippen MR) is 213 cm³/mol. The summed E-state index contributed by atoms with van der Waals surface area (Å²) in [7, 11) is 0.